The highest BCUT2D eigenvalue weighted by Gasteiger charge is 2.05. The number of amides is 1. The highest BCUT2D eigenvalue weighted by Crippen LogP contribution is 1.99. The first kappa shape index (κ1) is 7.59. The van der Waals surface area contributed by atoms with Gasteiger partial charge < -0.3 is 15.6 Å². The summed E-state index contributed by atoms with van der Waals surface area (Å²) in [5, 5.41) is 5.26. The lowest BCUT2D eigenvalue weighted by Crippen LogP contribution is -2.18. The summed E-state index contributed by atoms with van der Waals surface area (Å²) in [6.07, 6.45) is 1.48. The van der Waals surface area contributed by atoms with E-state index in [1.54, 1.807) is 14.1 Å². The number of nitrogens with one attached hydrogen (secondary N) is 3. The third-order valence-electron chi connectivity index (χ3n) is 1.28. The predicted octanol–water partition coefficient (Wildman–Crippen LogP) is -0.189. The van der Waals surface area contributed by atoms with Gasteiger partial charge in [-0.2, -0.15) is 0 Å². The zero-order valence-corrected chi connectivity index (χ0v) is 6.43. The molecule has 1 aromatic rings. The van der Waals surface area contributed by atoms with Crippen molar-refractivity contribution in [3.63, 3.8) is 0 Å². The maximum absolute atomic E-state index is 10.9. The van der Waals surface area contributed by atoms with Gasteiger partial charge in [-0.05, 0) is 0 Å². The molecule has 3 N–H and O–H groups in total. The lowest BCUT2D eigenvalue weighted by Gasteiger charge is -1.93. The molecule has 11 heavy (non-hydrogen) atoms. The van der Waals surface area contributed by atoms with Crippen LogP contribution in [-0.2, 0) is 0 Å². The molecule has 1 rings (SSSR count). The molecule has 0 bridgehead atoms. The number of rotatable bonds is 2. The van der Waals surface area contributed by atoms with Crippen LogP contribution in [0.2, 0.25) is 0 Å². The molecule has 0 aliphatic heterocycles. The highest BCUT2D eigenvalue weighted by atomic mass is 16.1. The molecule has 60 valence electrons. The van der Waals surface area contributed by atoms with Crippen molar-refractivity contribution in [1.82, 2.24) is 15.3 Å². The van der Waals surface area contributed by atoms with Crippen molar-refractivity contribution in [2.45, 2.75) is 0 Å². The number of carbonyl (C=O) groups is 1. The molecule has 0 spiro atoms. The minimum Gasteiger partial charge on any atom is -0.359 e. The SMILES string of the molecule is CNC(=O)c1cnc(NC)[nH]1. The van der Waals surface area contributed by atoms with Crippen molar-refractivity contribution in [1.29, 1.82) is 0 Å². The zero-order chi connectivity index (χ0) is 8.27. The first-order chi connectivity index (χ1) is 5.27. The standard InChI is InChI=1S/C6H10N4O/c1-7-5(11)4-3-9-6(8-2)10-4/h3H,1-2H3,(H,7,11)(H2,8,9,10). The van der Waals surface area contributed by atoms with E-state index in [2.05, 4.69) is 20.6 Å². The number of hydrogen-bond donors (Lipinski definition) is 3. The Kier molecular flexibility index (Phi) is 2.10. The van der Waals surface area contributed by atoms with Gasteiger partial charge in [0.05, 0.1) is 6.20 Å². The topological polar surface area (TPSA) is 69.8 Å². The minimum absolute atomic E-state index is 0.168. The molecule has 0 unspecified atom stereocenters. The number of H-pyrrole nitrogens is 1. The number of aromatic amines is 1. The summed E-state index contributed by atoms with van der Waals surface area (Å²) >= 11 is 0. The predicted molar refractivity (Wildman–Crippen MR) is 41.5 cm³/mol. The van der Waals surface area contributed by atoms with E-state index in [0.717, 1.165) is 0 Å². The van der Waals surface area contributed by atoms with Crippen LogP contribution in [0.15, 0.2) is 6.20 Å². The number of imidazole rings is 1. The van der Waals surface area contributed by atoms with Gasteiger partial charge in [0.2, 0.25) is 0 Å². The molecule has 1 heterocycles. The first-order valence-electron chi connectivity index (χ1n) is 3.22. The molecule has 0 radical (unpaired) electrons. The number of aromatic nitrogens is 2. The number of hydrogen-bond acceptors (Lipinski definition) is 3. The van der Waals surface area contributed by atoms with E-state index in [0.29, 0.717) is 11.6 Å². The van der Waals surface area contributed by atoms with E-state index in [-0.39, 0.29) is 5.91 Å². The molecule has 1 aromatic heterocycles. The van der Waals surface area contributed by atoms with E-state index in [1.165, 1.54) is 6.20 Å². The van der Waals surface area contributed by atoms with Crippen LogP contribution in [0, 0.1) is 0 Å². The van der Waals surface area contributed by atoms with Crippen LogP contribution in [0.4, 0.5) is 5.95 Å². The molecular formula is C6H10N4O. The Bertz CT molecular complexity index is 255. The molecule has 5 heteroatoms. The van der Waals surface area contributed by atoms with Gasteiger partial charge in [-0.3, -0.25) is 4.79 Å². The van der Waals surface area contributed by atoms with Crippen molar-refractivity contribution >= 4 is 11.9 Å². The summed E-state index contributed by atoms with van der Waals surface area (Å²) in [6, 6.07) is 0. The van der Waals surface area contributed by atoms with E-state index in [4.69, 9.17) is 0 Å². The minimum atomic E-state index is -0.168. The van der Waals surface area contributed by atoms with Gasteiger partial charge in [-0.1, -0.05) is 0 Å². The number of anilines is 1. The van der Waals surface area contributed by atoms with E-state index in [1.807, 2.05) is 0 Å². The molecule has 0 fully saturated rings. The summed E-state index contributed by atoms with van der Waals surface area (Å²) < 4.78 is 0. The van der Waals surface area contributed by atoms with Crippen LogP contribution >= 0.6 is 0 Å². The maximum atomic E-state index is 10.9. The summed E-state index contributed by atoms with van der Waals surface area (Å²) in [5.41, 5.74) is 0.455. The molecule has 0 aromatic carbocycles. The average Bonchev–Trinajstić information content (AvgIpc) is 2.50. The number of nitrogens with zero attached hydrogens (tertiary/aromatic N) is 1. The Morgan fingerprint density at radius 3 is 2.82 bits per heavy atom. The van der Waals surface area contributed by atoms with Gasteiger partial charge in [-0.15, -0.1) is 0 Å². The Labute approximate surface area is 64.2 Å². The van der Waals surface area contributed by atoms with Gasteiger partial charge >= 0.3 is 0 Å². The zero-order valence-electron chi connectivity index (χ0n) is 6.43. The Balaban J connectivity index is 2.80. The maximum Gasteiger partial charge on any atom is 0.269 e. The van der Waals surface area contributed by atoms with Crippen LogP contribution in [-0.4, -0.2) is 30.0 Å². The van der Waals surface area contributed by atoms with Crippen LogP contribution < -0.4 is 10.6 Å². The van der Waals surface area contributed by atoms with Gasteiger partial charge in [-0.25, -0.2) is 4.98 Å². The Morgan fingerprint density at radius 1 is 1.64 bits per heavy atom. The fraction of sp³-hybridized carbons (Fsp3) is 0.333. The molecule has 0 saturated heterocycles. The largest absolute Gasteiger partial charge is 0.359 e. The van der Waals surface area contributed by atoms with Gasteiger partial charge in [0.25, 0.3) is 5.91 Å². The Morgan fingerprint density at radius 2 is 2.36 bits per heavy atom. The van der Waals surface area contributed by atoms with E-state index < -0.39 is 0 Å². The summed E-state index contributed by atoms with van der Waals surface area (Å²) in [6.45, 7) is 0. The van der Waals surface area contributed by atoms with Crippen LogP contribution in [0.25, 0.3) is 0 Å². The highest BCUT2D eigenvalue weighted by molar-refractivity contribution is 5.92. The van der Waals surface area contributed by atoms with Gasteiger partial charge in [0, 0.05) is 14.1 Å². The molecule has 0 aliphatic carbocycles. The Hall–Kier alpha value is -1.52. The van der Waals surface area contributed by atoms with Gasteiger partial charge in [0.1, 0.15) is 5.69 Å². The summed E-state index contributed by atoms with van der Waals surface area (Å²) in [4.78, 5) is 17.6. The average molecular weight is 154 g/mol. The second-order valence-electron chi connectivity index (χ2n) is 1.97. The monoisotopic (exact) mass is 154 g/mol. The van der Waals surface area contributed by atoms with E-state index >= 15 is 0 Å². The third kappa shape index (κ3) is 1.49. The lowest BCUT2D eigenvalue weighted by atomic mass is 10.4. The van der Waals surface area contributed by atoms with Crippen molar-refractivity contribution in [2.24, 2.45) is 0 Å². The van der Waals surface area contributed by atoms with Crippen LogP contribution in [0.3, 0.4) is 0 Å². The second kappa shape index (κ2) is 3.05. The smallest absolute Gasteiger partial charge is 0.269 e. The van der Waals surface area contributed by atoms with Crippen molar-refractivity contribution < 1.29 is 4.79 Å². The van der Waals surface area contributed by atoms with Crippen LogP contribution in [0.1, 0.15) is 10.5 Å². The van der Waals surface area contributed by atoms with Crippen LogP contribution in [0.5, 0.6) is 0 Å². The molecule has 0 aliphatic rings. The van der Waals surface area contributed by atoms with Crippen molar-refractivity contribution in [3.05, 3.63) is 11.9 Å². The number of carbonyl (C=O) groups excluding carboxylic acids is 1. The molecule has 5 nitrogen and oxygen atoms in total. The fourth-order valence-electron chi connectivity index (χ4n) is 0.698. The van der Waals surface area contributed by atoms with E-state index in [9.17, 15) is 4.79 Å². The fourth-order valence-corrected chi connectivity index (χ4v) is 0.698. The third-order valence-corrected chi connectivity index (χ3v) is 1.28. The molecule has 0 atom stereocenters. The first-order valence-corrected chi connectivity index (χ1v) is 3.22. The van der Waals surface area contributed by atoms with Crippen molar-refractivity contribution in [3.8, 4) is 0 Å². The molecular weight excluding hydrogens is 144 g/mol. The molecule has 0 saturated carbocycles. The lowest BCUT2D eigenvalue weighted by molar-refractivity contribution is 0.0959. The van der Waals surface area contributed by atoms with Crippen molar-refractivity contribution in [2.75, 3.05) is 19.4 Å². The summed E-state index contributed by atoms with van der Waals surface area (Å²) in [5.74, 6) is 0.419. The quantitative estimate of drug-likeness (QED) is 0.553. The normalized spacial score (nSPS) is 9.27. The van der Waals surface area contributed by atoms with Gasteiger partial charge in [0.15, 0.2) is 5.95 Å². The second-order valence-corrected chi connectivity index (χ2v) is 1.97. The summed E-state index contributed by atoms with van der Waals surface area (Å²) in [7, 11) is 3.30. The molecule has 1 amide bonds.